The topological polar surface area (TPSA) is 38.7 Å². The molecule has 1 aromatic heterocycles. The van der Waals surface area contributed by atoms with Gasteiger partial charge in [0.2, 0.25) is 0 Å². The number of fused-ring (bicyclic) bond motifs is 5. The molecule has 0 saturated heterocycles. The molecule has 2 aliphatic carbocycles. The predicted molar refractivity (Wildman–Crippen MR) is 196 cm³/mol. The third kappa shape index (κ3) is 4.86. The van der Waals surface area contributed by atoms with Crippen LogP contribution < -0.4 is 0 Å². The SMILES string of the molecule is [2H]c1c([2H])c([2H])c2c(c1[2H])-c1c([2H])c([2H])c(-c3cccc(-c4ccccc4-c4nc(-c5ccccc5)nc(-c5ccccc5)n4)c3)c([2H])c1C21C([2H])([2H])C([2H])([2H])C([2H])([2H])C([2H])([2H])C1([2H])[2H]. The van der Waals surface area contributed by atoms with Crippen LogP contribution in [0.25, 0.3) is 67.5 Å². The van der Waals surface area contributed by atoms with Gasteiger partial charge in [0.15, 0.2) is 17.5 Å². The van der Waals surface area contributed by atoms with Crippen LogP contribution in [0.5, 0.6) is 0 Å². The molecular weight excluding hydrogens is 583 g/mol. The van der Waals surface area contributed by atoms with Crippen molar-refractivity contribution in [3.63, 3.8) is 0 Å². The quantitative estimate of drug-likeness (QED) is 0.189. The fraction of sp³-hybridized carbons (Fsp3) is 0.133. The Hall–Kier alpha value is -5.67. The van der Waals surface area contributed by atoms with Crippen LogP contribution in [0.3, 0.4) is 0 Å². The van der Waals surface area contributed by atoms with Crippen LogP contribution in [0.15, 0.2) is 151 Å². The molecule has 0 unspecified atom stereocenters. The molecule has 0 bridgehead atoms. The summed E-state index contributed by atoms with van der Waals surface area (Å²) in [4.78, 5) is 14.5. The number of benzene rings is 6. The molecule has 0 radical (unpaired) electrons. The molecule has 3 nitrogen and oxygen atoms in total. The van der Waals surface area contributed by atoms with Gasteiger partial charge in [0.25, 0.3) is 0 Å². The van der Waals surface area contributed by atoms with E-state index in [1.807, 2.05) is 60.7 Å². The minimum atomic E-state index is -3.95. The van der Waals surface area contributed by atoms with Gasteiger partial charge in [0, 0.05) is 35.8 Å². The minimum absolute atomic E-state index is 0.0677. The number of aromatic nitrogens is 3. The van der Waals surface area contributed by atoms with E-state index in [9.17, 15) is 9.60 Å². The Morgan fingerprint density at radius 1 is 0.458 bits per heavy atom. The van der Waals surface area contributed by atoms with E-state index in [1.54, 1.807) is 42.5 Å². The number of hydrogen-bond acceptors (Lipinski definition) is 3. The van der Waals surface area contributed by atoms with Gasteiger partial charge in [0.1, 0.15) is 0 Å². The van der Waals surface area contributed by atoms with Crippen LogP contribution >= 0.6 is 0 Å². The third-order valence-corrected chi connectivity index (χ3v) is 8.45. The van der Waals surface area contributed by atoms with E-state index in [0.717, 1.165) is 11.1 Å². The smallest absolute Gasteiger partial charge is 0.164 e. The van der Waals surface area contributed by atoms with E-state index in [4.69, 9.17) is 28.7 Å². The summed E-state index contributed by atoms with van der Waals surface area (Å²) in [5.41, 5.74) is -4.03. The molecule has 1 heterocycles. The van der Waals surface area contributed by atoms with Gasteiger partial charge >= 0.3 is 0 Å². The Morgan fingerprint density at radius 3 is 1.77 bits per heavy atom. The maximum atomic E-state index is 9.84. The number of rotatable bonds is 5. The maximum absolute atomic E-state index is 9.84. The molecule has 48 heavy (non-hydrogen) atoms. The van der Waals surface area contributed by atoms with Gasteiger partial charge < -0.3 is 0 Å². The van der Waals surface area contributed by atoms with Crippen LogP contribution in [-0.4, -0.2) is 15.0 Å². The van der Waals surface area contributed by atoms with Crippen molar-refractivity contribution < 1.29 is 23.3 Å². The van der Waals surface area contributed by atoms with Crippen LogP contribution in [0, 0.1) is 0 Å². The average Bonchev–Trinajstić information content (AvgIpc) is 3.64. The standard InChI is InChI=1S/C45H35N3/c1-4-15-31(16-5-1)42-46-43(32-17-6-2-7-18-32)48-44(47-42)39-23-9-8-21-36(39)35-20-14-19-33(29-35)34-25-26-38-37-22-10-11-24-40(37)45(41(38)30-34)27-12-3-13-28-45/h1-2,4-11,14-26,29-30H,3,12-13,27-28H2/i3D2,10D,11D,12D2,13D2,22D,24D,25D,26D,27D2,28D2,30D. The van der Waals surface area contributed by atoms with Gasteiger partial charge in [-0.25, -0.2) is 15.0 Å². The van der Waals surface area contributed by atoms with E-state index in [0.29, 0.717) is 34.2 Å². The van der Waals surface area contributed by atoms with Crippen LogP contribution in [0.4, 0.5) is 0 Å². The fourth-order valence-corrected chi connectivity index (χ4v) is 6.19. The Balaban J connectivity index is 1.32. The third-order valence-electron chi connectivity index (χ3n) is 8.45. The first-order chi connectivity index (χ1) is 30.5. The lowest BCUT2D eigenvalue weighted by molar-refractivity contribution is 0.353. The van der Waals surface area contributed by atoms with E-state index in [-0.39, 0.29) is 5.56 Å². The number of hydrogen-bond donors (Lipinski definition) is 0. The molecule has 1 saturated carbocycles. The summed E-state index contributed by atoms with van der Waals surface area (Å²) >= 11 is 0. The number of nitrogens with zero attached hydrogens (tertiary/aromatic N) is 3. The lowest BCUT2D eigenvalue weighted by Crippen LogP contribution is -2.28. The largest absolute Gasteiger partial charge is 0.208 e. The summed E-state index contributed by atoms with van der Waals surface area (Å²) in [6, 6.07) is 25.9. The zero-order chi connectivity index (χ0) is 47.0. The Bertz CT molecular complexity index is 3030. The van der Waals surface area contributed by atoms with Gasteiger partial charge in [-0.05, 0) is 69.4 Å². The summed E-state index contributed by atoms with van der Waals surface area (Å²) in [7, 11) is 0. The van der Waals surface area contributed by atoms with Gasteiger partial charge in [-0.15, -0.1) is 0 Å². The molecule has 2 aliphatic rings. The lowest BCUT2D eigenvalue weighted by atomic mass is 9.67. The van der Waals surface area contributed by atoms with E-state index in [2.05, 4.69) is 0 Å². The van der Waals surface area contributed by atoms with Crippen molar-refractivity contribution in [3.05, 3.63) is 163 Å². The minimum Gasteiger partial charge on any atom is -0.208 e. The van der Waals surface area contributed by atoms with Crippen molar-refractivity contribution in [1.29, 1.82) is 0 Å². The highest BCUT2D eigenvalue weighted by molar-refractivity contribution is 5.87. The molecule has 1 fully saturated rings. The van der Waals surface area contributed by atoms with Gasteiger partial charge in [-0.2, -0.15) is 0 Å². The van der Waals surface area contributed by atoms with Crippen molar-refractivity contribution in [2.75, 3.05) is 0 Å². The Kier molecular flexibility index (Phi) is 3.94. The van der Waals surface area contributed by atoms with Gasteiger partial charge in [-0.3, -0.25) is 0 Å². The second-order valence-electron chi connectivity index (χ2n) is 11.3. The molecular formula is C45H35N3. The first kappa shape index (κ1) is 16.0. The molecule has 230 valence electrons. The second kappa shape index (κ2) is 11.8. The molecule has 9 rings (SSSR count). The second-order valence-corrected chi connectivity index (χ2v) is 11.3. The van der Waals surface area contributed by atoms with Crippen LogP contribution in [-0.2, 0) is 5.41 Å². The first-order valence-corrected chi connectivity index (χ1v) is 15.3. The molecule has 7 aromatic rings. The van der Waals surface area contributed by atoms with Crippen molar-refractivity contribution >= 4 is 0 Å². The molecule has 0 N–H and O–H groups in total. The van der Waals surface area contributed by atoms with Crippen molar-refractivity contribution in [3.8, 4) is 67.5 Å². The van der Waals surface area contributed by atoms with Crippen LogP contribution in [0.2, 0.25) is 0 Å². The molecule has 0 amide bonds. The monoisotopic (exact) mass is 634 g/mol. The van der Waals surface area contributed by atoms with E-state index < -0.39 is 107 Å². The molecule has 0 aliphatic heterocycles. The molecule has 3 heteroatoms. The van der Waals surface area contributed by atoms with E-state index >= 15 is 0 Å². The highest BCUT2D eigenvalue weighted by atomic mass is 15.0. The molecule has 1 spiro atoms. The summed E-state index contributed by atoms with van der Waals surface area (Å²) in [6.07, 6.45) is -19.7. The van der Waals surface area contributed by atoms with Gasteiger partial charge in [-0.1, -0.05) is 159 Å². The fourth-order valence-electron chi connectivity index (χ4n) is 6.19. The van der Waals surface area contributed by atoms with Crippen LogP contribution in [0.1, 0.15) is 66.3 Å². The molecule has 0 atom stereocenters. The first-order valence-electron chi connectivity index (χ1n) is 23.8. The van der Waals surface area contributed by atoms with Crippen molar-refractivity contribution in [2.45, 2.75) is 37.3 Å². The zero-order valence-electron chi connectivity index (χ0n) is 42.2. The summed E-state index contributed by atoms with van der Waals surface area (Å²) < 4.78 is 155. The lowest BCUT2D eigenvalue weighted by Gasteiger charge is -2.36. The predicted octanol–water partition coefficient (Wildman–Crippen LogP) is 11.4. The van der Waals surface area contributed by atoms with Crippen molar-refractivity contribution in [2.24, 2.45) is 0 Å². The summed E-state index contributed by atoms with van der Waals surface area (Å²) in [5.74, 6) is 1.10. The van der Waals surface area contributed by atoms with E-state index in [1.165, 1.54) is 6.07 Å². The summed E-state index contributed by atoms with van der Waals surface area (Å²) in [5, 5.41) is 0. The molecule has 6 aromatic carbocycles. The highest BCUT2D eigenvalue weighted by Crippen LogP contribution is 2.56. The summed E-state index contributed by atoms with van der Waals surface area (Å²) in [6.45, 7) is 0. The highest BCUT2D eigenvalue weighted by Gasteiger charge is 2.43. The van der Waals surface area contributed by atoms with Crippen molar-refractivity contribution in [1.82, 2.24) is 15.0 Å². The normalized spacial score (nSPS) is 24.8. The van der Waals surface area contributed by atoms with Gasteiger partial charge in [0.05, 0.1) is 9.60 Å². The maximum Gasteiger partial charge on any atom is 0.164 e. The average molecular weight is 635 g/mol. The Morgan fingerprint density at radius 2 is 1.04 bits per heavy atom. The Labute approximate surface area is 305 Å². The zero-order valence-corrected chi connectivity index (χ0v) is 25.2.